The Hall–Kier alpha value is -3.80. The van der Waals surface area contributed by atoms with Gasteiger partial charge in [-0.1, -0.05) is 42.5 Å². The summed E-state index contributed by atoms with van der Waals surface area (Å²) in [5.41, 5.74) is 1.81. The molecule has 3 aromatic rings. The molecular formula is C25H26N2O4. The third kappa shape index (κ3) is 5.85. The molecule has 0 aliphatic carbocycles. The summed E-state index contributed by atoms with van der Waals surface area (Å²) in [4.78, 5) is 25.5. The number of hydrogen-bond acceptors (Lipinski definition) is 4. The molecule has 0 heterocycles. The summed E-state index contributed by atoms with van der Waals surface area (Å²) in [6.07, 6.45) is -0.757. The van der Waals surface area contributed by atoms with Crippen molar-refractivity contribution in [2.24, 2.45) is 0 Å². The predicted molar refractivity (Wildman–Crippen MR) is 120 cm³/mol. The lowest BCUT2D eigenvalue weighted by atomic mass is 10.1. The molecule has 6 heteroatoms. The lowest BCUT2D eigenvalue weighted by Gasteiger charge is -2.18. The Balaban J connectivity index is 1.66. The summed E-state index contributed by atoms with van der Waals surface area (Å²) in [6, 6.07) is 23.4. The lowest BCUT2D eigenvalue weighted by molar-refractivity contribution is -0.122. The molecule has 2 amide bonds. The molecule has 0 aromatic heterocycles. The molecule has 0 bridgehead atoms. The summed E-state index contributed by atoms with van der Waals surface area (Å²) >= 11 is 0. The molecule has 3 aromatic carbocycles. The molecule has 160 valence electrons. The van der Waals surface area contributed by atoms with Crippen LogP contribution in [0.1, 0.15) is 35.8 Å². The Kier molecular flexibility index (Phi) is 7.27. The second-order valence-electron chi connectivity index (χ2n) is 7.08. The van der Waals surface area contributed by atoms with Gasteiger partial charge in [0.1, 0.15) is 11.5 Å². The number of rotatable bonds is 8. The summed E-state index contributed by atoms with van der Waals surface area (Å²) in [5.74, 6) is 0.628. The molecule has 0 radical (unpaired) electrons. The van der Waals surface area contributed by atoms with Gasteiger partial charge in [-0.25, -0.2) is 0 Å². The molecule has 0 fully saturated rings. The third-order valence-corrected chi connectivity index (χ3v) is 4.82. The molecule has 0 unspecified atom stereocenters. The second kappa shape index (κ2) is 10.3. The highest BCUT2D eigenvalue weighted by molar-refractivity contribution is 6.04. The van der Waals surface area contributed by atoms with Crippen LogP contribution >= 0.6 is 0 Å². The largest absolute Gasteiger partial charge is 0.497 e. The molecular weight excluding hydrogens is 392 g/mol. The van der Waals surface area contributed by atoms with E-state index in [-0.39, 0.29) is 17.9 Å². The van der Waals surface area contributed by atoms with E-state index < -0.39 is 6.10 Å². The zero-order valence-electron chi connectivity index (χ0n) is 17.8. The minimum Gasteiger partial charge on any atom is -0.497 e. The summed E-state index contributed by atoms with van der Waals surface area (Å²) < 4.78 is 10.8. The van der Waals surface area contributed by atoms with Gasteiger partial charge in [0.05, 0.1) is 24.4 Å². The fourth-order valence-corrected chi connectivity index (χ4v) is 3.04. The van der Waals surface area contributed by atoms with Gasteiger partial charge in [-0.2, -0.15) is 0 Å². The van der Waals surface area contributed by atoms with Crippen molar-refractivity contribution in [1.82, 2.24) is 5.32 Å². The monoisotopic (exact) mass is 418 g/mol. The maximum Gasteiger partial charge on any atom is 0.265 e. The van der Waals surface area contributed by atoms with Crippen LogP contribution in [0.5, 0.6) is 11.5 Å². The van der Waals surface area contributed by atoms with Crippen LogP contribution < -0.4 is 20.1 Å². The molecule has 0 aliphatic rings. The minimum absolute atomic E-state index is 0.171. The molecule has 0 aliphatic heterocycles. The van der Waals surface area contributed by atoms with E-state index in [9.17, 15) is 9.59 Å². The van der Waals surface area contributed by atoms with Crippen molar-refractivity contribution in [1.29, 1.82) is 0 Å². The maximum absolute atomic E-state index is 12.8. The number of carbonyl (C=O) groups excluding carboxylic acids is 2. The van der Waals surface area contributed by atoms with Crippen LogP contribution in [0.3, 0.4) is 0 Å². The fourth-order valence-electron chi connectivity index (χ4n) is 3.04. The van der Waals surface area contributed by atoms with Crippen molar-refractivity contribution in [2.75, 3.05) is 12.4 Å². The van der Waals surface area contributed by atoms with Gasteiger partial charge in [0.2, 0.25) is 0 Å². The summed E-state index contributed by atoms with van der Waals surface area (Å²) in [5, 5.41) is 5.77. The van der Waals surface area contributed by atoms with Crippen molar-refractivity contribution in [2.45, 2.75) is 26.0 Å². The first-order valence-corrected chi connectivity index (χ1v) is 10.0. The average Bonchev–Trinajstić information content (AvgIpc) is 2.80. The molecule has 2 N–H and O–H groups in total. The van der Waals surface area contributed by atoms with Gasteiger partial charge in [-0.15, -0.1) is 0 Å². The van der Waals surface area contributed by atoms with Crippen LogP contribution in [0.4, 0.5) is 5.69 Å². The van der Waals surface area contributed by atoms with Gasteiger partial charge in [-0.3, -0.25) is 9.59 Å². The number of anilines is 1. The highest BCUT2D eigenvalue weighted by Crippen LogP contribution is 2.20. The first-order valence-electron chi connectivity index (χ1n) is 10.0. The van der Waals surface area contributed by atoms with Crippen molar-refractivity contribution >= 4 is 17.5 Å². The number of hydrogen-bond donors (Lipinski definition) is 2. The van der Waals surface area contributed by atoms with Crippen molar-refractivity contribution in [3.8, 4) is 11.5 Å². The van der Waals surface area contributed by atoms with E-state index in [1.807, 2.05) is 37.3 Å². The standard InChI is InChI=1S/C25H26N2O4/c1-17(19-9-5-4-6-10-19)26-25(29)22-11-7-8-12-23(22)27-24(28)18(2)31-21-15-13-20(30-3)14-16-21/h4-18H,1-3H3,(H,26,29)(H,27,28)/t17-,18-/m1/s1. The van der Waals surface area contributed by atoms with Gasteiger partial charge in [0, 0.05) is 0 Å². The minimum atomic E-state index is -0.757. The molecule has 6 nitrogen and oxygen atoms in total. The Morgan fingerprint density at radius 1 is 0.806 bits per heavy atom. The molecule has 0 spiro atoms. The van der Waals surface area contributed by atoms with Crippen molar-refractivity contribution < 1.29 is 19.1 Å². The number of amides is 2. The normalized spacial score (nSPS) is 12.4. The highest BCUT2D eigenvalue weighted by Gasteiger charge is 2.19. The highest BCUT2D eigenvalue weighted by atomic mass is 16.5. The Bertz CT molecular complexity index is 1020. The zero-order valence-corrected chi connectivity index (χ0v) is 17.8. The Morgan fingerprint density at radius 2 is 1.42 bits per heavy atom. The molecule has 3 rings (SSSR count). The van der Waals surface area contributed by atoms with E-state index >= 15 is 0 Å². The SMILES string of the molecule is COc1ccc(O[C@H](C)C(=O)Nc2ccccc2C(=O)N[C@H](C)c2ccccc2)cc1. The Labute approximate surface area is 182 Å². The first-order chi connectivity index (χ1) is 15.0. The van der Waals surface area contributed by atoms with E-state index in [4.69, 9.17) is 9.47 Å². The number of benzene rings is 3. The van der Waals surface area contributed by atoms with Crippen LogP contribution in [0.2, 0.25) is 0 Å². The smallest absolute Gasteiger partial charge is 0.265 e. The van der Waals surface area contributed by atoms with E-state index in [1.54, 1.807) is 62.6 Å². The summed E-state index contributed by atoms with van der Waals surface area (Å²) in [7, 11) is 1.58. The van der Waals surface area contributed by atoms with Gasteiger partial charge >= 0.3 is 0 Å². The van der Waals surface area contributed by atoms with Crippen LogP contribution in [0.15, 0.2) is 78.9 Å². The van der Waals surface area contributed by atoms with E-state index in [0.29, 0.717) is 22.7 Å². The van der Waals surface area contributed by atoms with Gasteiger partial charge < -0.3 is 20.1 Å². The fraction of sp³-hybridized carbons (Fsp3) is 0.200. The second-order valence-corrected chi connectivity index (χ2v) is 7.08. The molecule has 0 saturated heterocycles. The van der Waals surface area contributed by atoms with E-state index in [0.717, 1.165) is 5.56 Å². The van der Waals surface area contributed by atoms with Crippen LogP contribution in [-0.2, 0) is 4.79 Å². The number of para-hydroxylation sites is 1. The zero-order chi connectivity index (χ0) is 22.2. The molecule has 0 saturated carbocycles. The predicted octanol–water partition coefficient (Wildman–Crippen LogP) is 4.59. The van der Waals surface area contributed by atoms with E-state index in [1.165, 1.54) is 0 Å². The summed E-state index contributed by atoms with van der Waals surface area (Å²) in [6.45, 7) is 3.57. The maximum atomic E-state index is 12.8. The quantitative estimate of drug-likeness (QED) is 0.561. The van der Waals surface area contributed by atoms with Crippen molar-refractivity contribution in [3.63, 3.8) is 0 Å². The Morgan fingerprint density at radius 3 is 2.10 bits per heavy atom. The molecule has 2 atom stereocenters. The van der Waals surface area contributed by atoms with Gasteiger partial charge in [0.25, 0.3) is 11.8 Å². The number of carbonyl (C=O) groups is 2. The number of nitrogens with one attached hydrogen (secondary N) is 2. The number of methoxy groups -OCH3 is 1. The third-order valence-electron chi connectivity index (χ3n) is 4.82. The van der Waals surface area contributed by atoms with E-state index in [2.05, 4.69) is 10.6 Å². The average molecular weight is 418 g/mol. The first kappa shape index (κ1) is 21.9. The number of ether oxygens (including phenoxy) is 2. The molecule has 31 heavy (non-hydrogen) atoms. The van der Waals surface area contributed by atoms with Crippen molar-refractivity contribution in [3.05, 3.63) is 90.0 Å². The topological polar surface area (TPSA) is 76.7 Å². The van der Waals surface area contributed by atoms with Crippen LogP contribution in [0.25, 0.3) is 0 Å². The van der Waals surface area contributed by atoms with Crippen LogP contribution in [-0.4, -0.2) is 25.0 Å². The van der Waals surface area contributed by atoms with Gasteiger partial charge in [0.15, 0.2) is 6.10 Å². The van der Waals surface area contributed by atoms with Crippen LogP contribution in [0, 0.1) is 0 Å². The van der Waals surface area contributed by atoms with Gasteiger partial charge in [-0.05, 0) is 55.8 Å². The lowest BCUT2D eigenvalue weighted by Crippen LogP contribution is -2.32.